The number of ketones is 2. The van der Waals surface area contributed by atoms with E-state index in [2.05, 4.69) is 0 Å². The quantitative estimate of drug-likeness (QED) is 0.255. The molecule has 0 saturated heterocycles. The number of aliphatic hydroxyl groups excluding tert-OH is 3. The minimum Gasteiger partial charge on any atom is -0.508 e. The van der Waals surface area contributed by atoms with Crippen molar-refractivity contribution in [2.75, 3.05) is 14.1 Å². The number of thiophene rings is 1. The fourth-order valence-electron chi connectivity index (χ4n) is 7.03. The molecule has 1 fully saturated rings. The molecule has 1 heterocycles. The third kappa shape index (κ3) is 3.43. The van der Waals surface area contributed by atoms with Gasteiger partial charge in [-0.25, -0.2) is 0 Å². The van der Waals surface area contributed by atoms with Crippen LogP contribution in [0.25, 0.3) is 26.3 Å². The zero-order chi connectivity index (χ0) is 29.7. The number of nitrogens with two attached hydrogens (primary N) is 1. The van der Waals surface area contributed by atoms with Crippen LogP contribution in [0.5, 0.6) is 5.75 Å². The summed E-state index contributed by atoms with van der Waals surface area (Å²) in [5, 5.41) is 58.2. The van der Waals surface area contributed by atoms with Crippen molar-refractivity contribution in [3.8, 4) is 16.2 Å². The Bertz CT molecular complexity index is 1720. The molecule has 212 valence electrons. The average Bonchev–Trinajstić information content (AvgIpc) is 3.34. The zero-order valence-electron chi connectivity index (χ0n) is 22.3. The van der Waals surface area contributed by atoms with Gasteiger partial charge in [-0.1, -0.05) is 25.1 Å². The highest BCUT2D eigenvalue weighted by Gasteiger charge is 2.68. The smallest absolute Gasteiger partial charge is 0.255 e. The minimum atomic E-state index is -2.94. The van der Waals surface area contributed by atoms with Crippen LogP contribution >= 0.6 is 11.3 Å². The zero-order valence-corrected chi connectivity index (χ0v) is 23.1. The summed E-state index contributed by atoms with van der Waals surface area (Å²) in [5.41, 5.74) is 2.20. The lowest BCUT2D eigenvalue weighted by atomic mass is 9.54. The van der Waals surface area contributed by atoms with E-state index >= 15 is 0 Å². The second kappa shape index (κ2) is 8.98. The molecule has 0 radical (unpaired) electrons. The van der Waals surface area contributed by atoms with Gasteiger partial charge in [0.1, 0.15) is 22.8 Å². The van der Waals surface area contributed by atoms with Crippen molar-refractivity contribution < 1.29 is 39.9 Å². The molecule has 1 aromatic heterocycles. The normalized spacial score (nSPS) is 29.6. The van der Waals surface area contributed by atoms with Crippen molar-refractivity contribution >= 4 is 44.7 Å². The third-order valence-corrected chi connectivity index (χ3v) is 9.95. The number of fused-ring (bicyclic) bond motifs is 4. The van der Waals surface area contributed by atoms with E-state index in [0.29, 0.717) is 11.1 Å². The number of carbonyl (C=O) groups is 3. The summed E-state index contributed by atoms with van der Waals surface area (Å²) in [6.45, 7) is 1.73. The van der Waals surface area contributed by atoms with E-state index < -0.39 is 75.6 Å². The summed E-state index contributed by atoms with van der Waals surface area (Å²) in [6, 6.07) is 11.5. The predicted molar refractivity (Wildman–Crippen MR) is 151 cm³/mol. The first-order valence-corrected chi connectivity index (χ1v) is 13.8. The second-order valence-electron chi connectivity index (χ2n) is 11.1. The van der Waals surface area contributed by atoms with Crippen LogP contribution in [0.2, 0.25) is 0 Å². The molecule has 10 nitrogen and oxygen atoms in total. The summed E-state index contributed by atoms with van der Waals surface area (Å²) in [4.78, 5) is 41.8. The third-order valence-electron chi connectivity index (χ3n) is 8.80. The molecule has 2 aromatic carbocycles. The van der Waals surface area contributed by atoms with Crippen LogP contribution in [0.1, 0.15) is 24.0 Å². The lowest BCUT2D eigenvalue weighted by Gasteiger charge is -2.53. The van der Waals surface area contributed by atoms with Crippen molar-refractivity contribution in [1.29, 1.82) is 0 Å². The number of nitrogens with zero attached hydrogens (tertiary/aromatic N) is 1. The number of rotatable bonds is 3. The minimum absolute atomic E-state index is 0.0315. The average molecular weight is 577 g/mol. The Balaban J connectivity index is 1.63. The van der Waals surface area contributed by atoms with Crippen LogP contribution in [0.15, 0.2) is 59.4 Å². The summed E-state index contributed by atoms with van der Waals surface area (Å²) in [7, 11) is 2.95. The fraction of sp³-hybridized carbons (Fsp3) is 0.300. The van der Waals surface area contributed by atoms with Crippen LogP contribution in [0, 0.1) is 11.8 Å². The first-order valence-electron chi connectivity index (χ1n) is 13.0. The molecule has 1 unspecified atom stereocenters. The van der Waals surface area contributed by atoms with Crippen LogP contribution < -0.4 is 5.73 Å². The van der Waals surface area contributed by atoms with Crippen LogP contribution in [0.3, 0.4) is 0 Å². The molecule has 3 aromatic rings. The van der Waals surface area contributed by atoms with E-state index in [9.17, 15) is 39.9 Å². The number of phenolic OH excluding ortho intramolecular Hbond substituents is 1. The number of hydrogen-bond acceptors (Lipinski definition) is 10. The van der Waals surface area contributed by atoms with E-state index in [0.717, 1.165) is 15.0 Å². The topological polar surface area (TPSA) is 182 Å². The highest BCUT2D eigenvalue weighted by atomic mass is 32.1. The Kier molecular flexibility index (Phi) is 5.95. The second-order valence-corrected chi connectivity index (χ2v) is 12.2. The molecular weight excluding hydrogens is 548 g/mol. The highest BCUT2D eigenvalue weighted by molar-refractivity contribution is 7.22. The van der Waals surface area contributed by atoms with Crippen molar-refractivity contribution in [3.05, 3.63) is 70.5 Å². The molecule has 0 spiro atoms. The van der Waals surface area contributed by atoms with Crippen molar-refractivity contribution in [3.63, 3.8) is 0 Å². The summed E-state index contributed by atoms with van der Waals surface area (Å²) >= 11 is 1.51. The Labute approximate surface area is 238 Å². The summed E-state index contributed by atoms with van der Waals surface area (Å²) in [5.74, 6) is -9.15. The standard InChI is InChI=1S/C30H28N2O8S/c1-11-17-13(16-10-12-6-4-5-7-15(12)41-16)8-9-14(33)19(17)24(34)20-18(11)25(35)22-23(32(2)3)26(36)21(29(31)39)28(38)30(22,40)27(20)37/h4-11,18,22-23,25,33-35,38,40H,1-3H3,(H2,31,39)/t11-,18+,22+,23?,25-,30-/m0/s1. The number of Topliss-reactive ketones (excluding diaryl/α,β-unsaturated/α-hetero) is 2. The molecule has 6 rings (SSSR count). The number of aromatic hydroxyl groups is 1. The molecule has 3 aliphatic carbocycles. The Morgan fingerprint density at radius 2 is 1.76 bits per heavy atom. The van der Waals surface area contributed by atoms with Crippen molar-refractivity contribution in [2.45, 2.75) is 30.6 Å². The molecule has 0 aliphatic heterocycles. The maximum Gasteiger partial charge on any atom is 0.255 e. The van der Waals surface area contributed by atoms with Gasteiger partial charge in [0.2, 0.25) is 5.78 Å². The first-order chi connectivity index (χ1) is 19.3. The van der Waals surface area contributed by atoms with Gasteiger partial charge in [0.25, 0.3) is 5.91 Å². The van der Waals surface area contributed by atoms with E-state index in [-0.39, 0.29) is 11.3 Å². The molecule has 7 N–H and O–H groups in total. The fourth-order valence-corrected chi connectivity index (χ4v) is 8.13. The molecule has 41 heavy (non-hydrogen) atoms. The van der Waals surface area contributed by atoms with Crippen LogP contribution in [-0.4, -0.2) is 79.7 Å². The van der Waals surface area contributed by atoms with Gasteiger partial charge in [-0.2, -0.15) is 0 Å². The number of phenols is 1. The molecule has 1 saturated carbocycles. The van der Waals surface area contributed by atoms with Gasteiger partial charge in [-0.3, -0.25) is 19.3 Å². The van der Waals surface area contributed by atoms with Gasteiger partial charge >= 0.3 is 0 Å². The molecule has 0 bridgehead atoms. The SMILES string of the molecule is C[C@H]1c2c(-c3cc4ccccc4s3)ccc(O)c2C(O)=C2C(=O)[C@]3(O)C(O)=C(C(N)=O)C(=O)C(N(C)C)[C@@H]3[C@@H](O)[C@@H]21. The molecule has 11 heteroatoms. The molecular formula is C30H28N2O8S. The summed E-state index contributed by atoms with van der Waals surface area (Å²) in [6.07, 6.45) is -1.65. The molecule has 1 amide bonds. The molecule has 3 aliphatic rings. The maximum atomic E-state index is 14.1. The van der Waals surface area contributed by atoms with Crippen molar-refractivity contribution in [2.24, 2.45) is 17.6 Å². The largest absolute Gasteiger partial charge is 0.508 e. The monoisotopic (exact) mass is 576 g/mol. The van der Waals surface area contributed by atoms with Gasteiger partial charge in [0.05, 0.1) is 23.6 Å². The van der Waals surface area contributed by atoms with E-state index in [4.69, 9.17) is 5.73 Å². The Morgan fingerprint density at radius 3 is 2.39 bits per heavy atom. The lowest BCUT2D eigenvalue weighted by Crippen LogP contribution is -2.70. The number of hydrogen-bond donors (Lipinski definition) is 6. The van der Waals surface area contributed by atoms with E-state index in [1.165, 1.54) is 36.4 Å². The van der Waals surface area contributed by atoms with Crippen LogP contribution in [0.4, 0.5) is 0 Å². The Hall–Kier alpha value is -4.03. The van der Waals surface area contributed by atoms with Crippen LogP contribution in [-0.2, 0) is 14.4 Å². The van der Waals surface area contributed by atoms with Gasteiger partial charge in [0, 0.05) is 21.1 Å². The number of amides is 1. The van der Waals surface area contributed by atoms with Gasteiger partial charge in [0.15, 0.2) is 11.4 Å². The number of aliphatic hydroxyl groups is 4. The summed E-state index contributed by atoms with van der Waals surface area (Å²) < 4.78 is 1.02. The highest BCUT2D eigenvalue weighted by Crippen LogP contribution is 2.57. The van der Waals surface area contributed by atoms with E-state index in [1.807, 2.05) is 30.3 Å². The van der Waals surface area contributed by atoms with Crippen molar-refractivity contribution in [1.82, 2.24) is 4.90 Å². The maximum absolute atomic E-state index is 14.1. The first kappa shape index (κ1) is 27.2. The van der Waals surface area contributed by atoms with Gasteiger partial charge in [-0.05, 0) is 60.8 Å². The number of benzene rings is 2. The number of primary amides is 1. The van der Waals surface area contributed by atoms with Gasteiger partial charge in [-0.15, -0.1) is 11.3 Å². The Morgan fingerprint density at radius 1 is 1.07 bits per heavy atom. The van der Waals surface area contributed by atoms with E-state index in [1.54, 1.807) is 13.0 Å². The molecule has 6 atom stereocenters. The number of likely N-dealkylation sites (N-methyl/N-ethyl adjacent to an activating group) is 1. The number of carbonyl (C=O) groups excluding carboxylic acids is 3. The van der Waals surface area contributed by atoms with Gasteiger partial charge < -0.3 is 31.3 Å². The lowest BCUT2D eigenvalue weighted by molar-refractivity contribution is -0.169. The predicted octanol–water partition coefficient (Wildman–Crippen LogP) is 2.38.